The van der Waals surface area contributed by atoms with Gasteiger partial charge < -0.3 is 14.2 Å². The van der Waals surface area contributed by atoms with Gasteiger partial charge in [-0.05, 0) is 7.05 Å². The van der Waals surface area contributed by atoms with Crippen LogP contribution in [-0.4, -0.2) is 28.4 Å². The largest absolute Gasteiger partial charge is 0.496 e. The highest BCUT2D eigenvalue weighted by atomic mass is 32.2. The van der Waals surface area contributed by atoms with Gasteiger partial charge in [-0.1, -0.05) is 11.9 Å². The van der Waals surface area contributed by atoms with E-state index in [1.54, 1.807) is 33.3 Å². The standard InChI is InChI=1S/C11H17NO3S/c1-12-16-7-9-10(14-3)5-8(13-2)6-11(9)15-4/h5-6,12H,7H2,1-4H3. The molecule has 0 aliphatic rings. The van der Waals surface area contributed by atoms with Crippen LogP contribution in [0.1, 0.15) is 5.56 Å². The normalized spacial score (nSPS) is 10.0. The second kappa shape index (κ2) is 6.50. The molecule has 0 spiro atoms. The summed E-state index contributed by atoms with van der Waals surface area (Å²) in [5, 5.41) is 0. The van der Waals surface area contributed by atoms with E-state index in [0.717, 1.165) is 28.6 Å². The van der Waals surface area contributed by atoms with Gasteiger partial charge in [-0.25, -0.2) is 0 Å². The second-order valence-corrected chi connectivity index (χ2v) is 3.99. The highest BCUT2D eigenvalue weighted by Crippen LogP contribution is 2.35. The van der Waals surface area contributed by atoms with E-state index in [-0.39, 0.29) is 0 Å². The Bertz CT molecular complexity index is 319. The molecule has 0 fully saturated rings. The average Bonchev–Trinajstić information content (AvgIpc) is 2.35. The Kier molecular flexibility index (Phi) is 5.28. The topological polar surface area (TPSA) is 39.7 Å². The van der Waals surface area contributed by atoms with E-state index in [1.807, 2.05) is 19.2 Å². The third-order valence-electron chi connectivity index (χ3n) is 2.18. The maximum absolute atomic E-state index is 5.33. The minimum atomic E-state index is 0.729. The van der Waals surface area contributed by atoms with Crippen LogP contribution in [-0.2, 0) is 5.75 Å². The number of rotatable bonds is 6. The smallest absolute Gasteiger partial charge is 0.130 e. The Morgan fingerprint density at radius 2 is 1.62 bits per heavy atom. The highest BCUT2D eigenvalue weighted by Gasteiger charge is 2.12. The molecule has 0 saturated carbocycles. The van der Waals surface area contributed by atoms with Gasteiger partial charge >= 0.3 is 0 Å². The predicted octanol–water partition coefficient (Wildman–Crippen LogP) is 2.08. The van der Waals surface area contributed by atoms with Crippen LogP contribution in [0.3, 0.4) is 0 Å². The third-order valence-corrected chi connectivity index (χ3v) is 2.90. The molecule has 1 N–H and O–H groups in total. The van der Waals surface area contributed by atoms with Gasteiger partial charge in [0.15, 0.2) is 0 Å². The van der Waals surface area contributed by atoms with Gasteiger partial charge in [-0.3, -0.25) is 4.72 Å². The van der Waals surface area contributed by atoms with Gasteiger partial charge in [-0.2, -0.15) is 0 Å². The number of methoxy groups -OCH3 is 3. The van der Waals surface area contributed by atoms with Crippen molar-refractivity contribution in [3.63, 3.8) is 0 Å². The predicted molar refractivity (Wildman–Crippen MR) is 66.5 cm³/mol. The molecule has 0 radical (unpaired) electrons. The van der Waals surface area contributed by atoms with Crippen LogP contribution in [0.2, 0.25) is 0 Å². The molecule has 0 aliphatic carbocycles. The van der Waals surface area contributed by atoms with Gasteiger partial charge in [0.05, 0.1) is 21.3 Å². The van der Waals surface area contributed by atoms with E-state index in [1.165, 1.54) is 0 Å². The van der Waals surface area contributed by atoms with E-state index in [0.29, 0.717) is 0 Å². The summed E-state index contributed by atoms with van der Waals surface area (Å²) in [7, 11) is 6.78. The van der Waals surface area contributed by atoms with Crippen molar-refractivity contribution in [2.45, 2.75) is 5.75 Å². The second-order valence-electron chi connectivity index (χ2n) is 3.00. The first kappa shape index (κ1) is 13.0. The van der Waals surface area contributed by atoms with Crippen LogP contribution >= 0.6 is 11.9 Å². The van der Waals surface area contributed by atoms with Gasteiger partial charge in [0, 0.05) is 23.4 Å². The zero-order valence-electron chi connectivity index (χ0n) is 9.99. The van der Waals surface area contributed by atoms with Gasteiger partial charge in [0.25, 0.3) is 0 Å². The van der Waals surface area contributed by atoms with Crippen LogP contribution in [0.4, 0.5) is 0 Å². The Morgan fingerprint density at radius 1 is 1.06 bits per heavy atom. The molecule has 1 aromatic carbocycles. The lowest BCUT2D eigenvalue weighted by atomic mass is 10.2. The zero-order chi connectivity index (χ0) is 12.0. The van der Waals surface area contributed by atoms with E-state index >= 15 is 0 Å². The fourth-order valence-corrected chi connectivity index (χ4v) is 1.94. The molecule has 0 aliphatic heterocycles. The minimum Gasteiger partial charge on any atom is -0.496 e. The Morgan fingerprint density at radius 3 is 2.00 bits per heavy atom. The summed E-state index contributed by atoms with van der Waals surface area (Å²) >= 11 is 1.58. The van der Waals surface area contributed by atoms with E-state index < -0.39 is 0 Å². The molecular formula is C11H17NO3S. The number of hydrogen-bond acceptors (Lipinski definition) is 5. The third kappa shape index (κ3) is 2.96. The minimum absolute atomic E-state index is 0.729. The zero-order valence-corrected chi connectivity index (χ0v) is 10.8. The van der Waals surface area contributed by atoms with Crippen molar-refractivity contribution in [1.82, 2.24) is 4.72 Å². The molecule has 0 saturated heterocycles. The molecule has 1 aromatic rings. The summed E-state index contributed by atoms with van der Waals surface area (Å²) < 4.78 is 18.9. The molecule has 1 rings (SSSR count). The van der Waals surface area contributed by atoms with E-state index in [4.69, 9.17) is 14.2 Å². The summed E-state index contributed by atoms with van der Waals surface area (Å²) in [5.74, 6) is 3.05. The molecule has 90 valence electrons. The van der Waals surface area contributed by atoms with Crippen molar-refractivity contribution in [1.29, 1.82) is 0 Å². The Hall–Kier alpha value is -1.07. The van der Waals surface area contributed by atoms with Crippen molar-refractivity contribution in [3.05, 3.63) is 17.7 Å². The van der Waals surface area contributed by atoms with Crippen LogP contribution in [0.25, 0.3) is 0 Å². The molecule has 0 bridgehead atoms. The lowest BCUT2D eigenvalue weighted by Crippen LogP contribution is -2.00. The first-order chi connectivity index (χ1) is 7.76. The van der Waals surface area contributed by atoms with Crippen LogP contribution < -0.4 is 18.9 Å². The van der Waals surface area contributed by atoms with Crippen molar-refractivity contribution in [2.75, 3.05) is 28.4 Å². The van der Waals surface area contributed by atoms with Crippen LogP contribution in [0, 0.1) is 0 Å². The van der Waals surface area contributed by atoms with Crippen molar-refractivity contribution < 1.29 is 14.2 Å². The summed E-state index contributed by atoms with van der Waals surface area (Å²) in [5.41, 5.74) is 1.02. The van der Waals surface area contributed by atoms with Crippen molar-refractivity contribution in [2.24, 2.45) is 0 Å². The van der Waals surface area contributed by atoms with Gasteiger partial charge in [0.2, 0.25) is 0 Å². The first-order valence-corrected chi connectivity index (χ1v) is 5.82. The molecular weight excluding hydrogens is 226 g/mol. The molecule has 0 atom stereocenters. The van der Waals surface area contributed by atoms with Crippen LogP contribution in [0.15, 0.2) is 12.1 Å². The summed E-state index contributed by atoms with van der Waals surface area (Å²) in [6, 6.07) is 3.71. The number of nitrogens with one attached hydrogen (secondary N) is 1. The summed E-state index contributed by atoms with van der Waals surface area (Å²) in [6.07, 6.45) is 0. The van der Waals surface area contributed by atoms with Crippen molar-refractivity contribution in [3.8, 4) is 17.2 Å². The lowest BCUT2D eigenvalue weighted by molar-refractivity contribution is 0.371. The number of benzene rings is 1. The average molecular weight is 243 g/mol. The summed E-state index contributed by atoms with van der Waals surface area (Å²) in [6.45, 7) is 0. The van der Waals surface area contributed by atoms with Gasteiger partial charge in [-0.15, -0.1) is 0 Å². The molecule has 5 heteroatoms. The highest BCUT2D eigenvalue weighted by molar-refractivity contribution is 7.96. The SMILES string of the molecule is CNSCc1c(OC)cc(OC)cc1OC. The fraction of sp³-hybridized carbons (Fsp3) is 0.455. The van der Waals surface area contributed by atoms with E-state index in [9.17, 15) is 0 Å². The maximum Gasteiger partial charge on any atom is 0.130 e. The molecule has 0 unspecified atom stereocenters. The monoisotopic (exact) mass is 243 g/mol. The van der Waals surface area contributed by atoms with E-state index in [2.05, 4.69) is 4.72 Å². The maximum atomic E-state index is 5.33. The molecule has 16 heavy (non-hydrogen) atoms. The fourth-order valence-electron chi connectivity index (χ4n) is 1.36. The quantitative estimate of drug-likeness (QED) is 0.775. The van der Waals surface area contributed by atoms with Crippen molar-refractivity contribution >= 4 is 11.9 Å². The molecule has 0 amide bonds. The molecule has 0 aromatic heterocycles. The van der Waals surface area contributed by atoms with Crippen LogP contribution in [0.5, 0.6) is 17.2 Å². The number of hydrogen-bond donors (Lipinski definition) is 1. The lowest BCUT2D eigenvalue weighted by Gasteiger charge is -2.14. The Balaban J connectivity index is 3.09. The number of ether oxygens (including phenoxy) is 3. The first-order valence-electron chi connectivity index (χ1n) is 4.84. The molecule has 0 heterocycles. The summed E-state index contributed by atoms with van der Waals surface area (Å²) in [4.78, 5) is 0. The Labute approximate surface area is 100 Å². The molecule has 4 nitrogen and oxygen atoms in total. The van der Waals surface area contributed by atoms with Gasteiger partial charge in [0.1, 0.15) is 17.2 Å².